The highest BCUT2D eigenvalue weighted by molar-refractivity contribution is 5.67. The number of carboxylic acids is 1. The monoisotopic (exact) mass is 324 g/mol. The highest BCUT2D eigenvalue weighted by Crippen LogP contribution is 2.58. The summed E-state index contributed by atoms with van der Waals surface area (Å²) in [6.45, 7) is 0. The Bertz CT molecular complexity index is 426. The number of aliphatic carboxylic acids is 1. The zero-order valence-electron chi connectivity index (χ0n) is 13.7. The molecule has 2 N–H and O–H groups in total. The molecule has 0 atom stereocenters. The van der Waals surface area contributed by atoms with Crippen molar-refractivity contribution in [3.8, 4) is 0 Å². The van der Waals surface area contributed by atoms with E-state index >= 15 is 0 Å². The number of carboxylic acid groups (broad SMARTS) is 1. The second kappa shape index (κ2) is 6.01. The van der Waals surface area contributed by atoms with Gasteiger partial charge in [0.2, 0.25) is 5.79 Å². The fourth-order valence-electron chi connectivity index (χ4n) is 5.82. The molecule has 0 aromatic carbocycles. The van der Waals surface area contributed by atoms with Gasteiger partial charge in [-0.05, 0) is 75.5 Å². The van der Waals surface area contributed by atoms with E-state index in [9.17, 15) is 9.90 Å². The maximum atomic E-state index is 11.1. The van der Waals surface area contributed by atoms with Crippen LogP contribution in [0.15, 0.2) is 0 Å². The van der Waals surface area contributed by atoms with E-state index in [1.165, 1.54) is 6.42 Å². The maximum Gasteiger partial charge on any atom is 0.303 e. The number of rotatable bonds is 5. The first-order valence-electron chi connectivity index (χ1n) is 9.31. The van der Waals surface area contributed by atoms with Crippen molar-refractivity contribution in [1.82, 2.24) is 0 Å². The summed E-state index contributed by atoms with van der Waals surface area (Å²) < 4.78 is 0. The summed E-state index contributed by atoms with van der Waals surface area (Å²) in [5.41, 5.74) is 0. The summed E-state index contributed by atoms with van der Waals surface area (Å²) in [7, 11) is 0. The van der Waals surface area contributed by atoms with Crippen LogP contribution in [-0.2, 0) is 14.6 Å². The van der Waals surface area contributed by atoms with Gasteiger partial charge in [0.05, 0.1) is 6.10 Å². The molecular formula is C18H28O5. The van der Waals surface area contributed by atoms with Crippen LogP contribution in [0.2, 0.25) is 0 Å². The van der Waals surface area contributed by atoms with Crippen molar-refractivity contribution < 1.29 is 24.8 Å². The van der Waals surface area contributed by atoms with Crippen LogP contribution in [0.1, 0.15) is 64.2 Å². The van der Waals surface area contributed by atoms with E-state index in [2.05, 4.69) is 0 Å². The standard InChI is InChI=1S/C18H28O5/c19-17(20)10-11-1-3-16(4-2-11)22-23-18(21)14-6-12-5-13(8-14)9-15(18)7-12/h11-16,21H,1-10H2,(H,19,20). The third-order valence-corrected chi connectivity index (χ3v) is 6.88. The van der Waals surface area contributed by atoms with E-state index < -0.39 is 11.8 Å². The average Bonchev–Trinajstić information content (AvgIpc) is 2.51. The highest BCUT2D eigenvalue weighted by Gasteiger charge is 2.58. The van der Waals surface area contributed by atoms with E-state index in [-0.39, 0.29) is 30.3 Å². The van der Waals surface area contributed by atoms with Gasteiger partial charge in [0, 0.05) is 18.3 Å². The topological polar surface area (TPSA) is 76.0 Å². The lowest BCUT2D eigenvalue weighted by Gasteiger charge is -2.57. The Morgan fingerprint density at radius 3 is 2.04 bits per heavy atom. The Kier molecular flexibility index (Phi) is 4.14. The first-order chi connectivity index (χ1) is 11.0. The molecule has 5 fully saturated rings. The molecule has 0 radical (unpaired) electrons. The molecule has 0 aliphatic heterocycles. The molecule has 0 heterocycles. The van der Waals surface area contributed by atoms with Crippen molar-refractivity contribution in [2.24, 2.45) is 29.6 Å². The molecule has 5 aliphatic rings. The van der Waals surface area contributed by atoms with Gasteiger partial charge in [-0.2, -0.15) is 0 Å². The predicted molar refractivity (Wildman–Crippen MR) is 82.2 cm³/mol. The van der Waals surface area contributed by atoms with Crippen LogP contribution in [0.25, 0.3) is 0 Å². The second-order valence-corrected chi connectivity index (χ2v) is 8.48. The van der Waals surface area contributed by atoms with E-state index in [4.69, 9.17) is 14.9 Å². The van der Waals surface area contributed by atoms with Crippen molar-refractivity contribution in [1.29, 1.82) is 0 Å². The van der Waals surface area contributed by atoms with Crippen LogP contribution in [0.3, 0.4) is 0 Å². The fourth-order valence-corrected chi connectivity index (χ4v) is 5.82. The Labute approximate surface area is 137 Å². The summed E-state index contributed by atoms with van der Waals surface area (Å²) in [6.07, 6.45) is 9.32. The van der Waals surface area contributed by atoms with E-state index in [1.54, 1.807) is 0 Å². The first kappa shape index (κ1) is 15.9. The van der Waals surface area contributed by atoms with Crippen molar-refractivity contribution in [3.63, 3.8) is 0 Å². The third-order valence-electron chi connectivity index (χ3n) is 6.88. The molecule has 23 heavy (non-hydrogen) atoms. The Morgan fingerprint density at radius 1 is 0.957 bits per heavy atom. The van der Waals surface area contributed by atoms with Crippen LogP contribution in [0, 0.1) is 29.6 Å². The quantitative estimate of drug-likeness (QED) is 0.462. The summed E-state index contributed by atoms with van der Waals surface area (Å²) in [4.78, 5) is 22.1. The van der Waals surface area contributed by atoms with E-state index in [0.717, 1.165) is 63.2 Å². The molecule has 0 amide bonds. The normalized spacial score (nSPS) is 48.6. The number of carbonyl (C=O) groups is 1. The van der Waals surface area contributed by atoms with Gasteiger partial charge in [-0.3, -0.25) is 4.79 Å². The second-order valence-electron chi connectivity index (χ2n) is 8.48. The smallest absolute Gasteiger partial charge is 0.303 e. The Balaban J connectivity index is 1.29. The van der Waals surface area contributed by atoms with Crippen molar-refractivity contribution in [2.45, 2.75) is 76.1 Å². The molecule has 0 spiro atoms. The molecule has 5 nitrogen and oxygen atoms in total. The van der Waals surface area contributed by atoms with Crippen molar-refractivity contribution in [2.75, 3.05) is 0 Å². The SMILES string of the molecule is O=C(O)CC1CCC(OOC2(O)C3CC4CC(C3)CC2C4)CC1. The summed E-state index contributed by atoms with van der Waals surface area (Å²) in [6, 6.07) is 0. The number of hydrogen-bond acceptors (Lipinski definition) is 4. The van der Waals surface area contributed by atoms with Gasteiger partial charge in [0.15, 0.2) is 0 Å². The van der Waals surface area contributed by atoms with Gasteiger partial charge in [0.25, 0.3) is 0 Å². The highest BCUT2D eigenvalue weighted by atomic mass is 17.2. The molecule has 5 heteroatoms. The summed E-state index contributed by atoms with van der Waals surface area (Å²) in [5.74, 6) is 0.515. The van der Waals surface area contributed by atoms with Crippen LogP contribution >= 0.6 is 0 Å². The van der Waals surface area contributed by atoms with Gasteiger partial charge in [-0.15, -0.1) is 0 Å². The molecule has 0 unspecified atom stereocenters. The van der Waals surface area contributed by atoms with Gasteiger partial charge in [-0.25, -0.2) is 9.78 Å². The van der Waals surface area contributed by atoms with Gasteiger partial charge in [-0.1, -0.05) is 0 Å². The molecule has 0 saturated heterocycles. The zero-order chi connectivity index (χ0) is 16.0. The van der Waals surface area contributed by atoms with Crippen LogP contribution in [0.4, 0.5) is 0 Å². The van der Waals surface area contributed by atoms with Crippen LogP contribution in [0.5, 0.6) is 0 Å². The minimum Gasteiger partial charge on any atom is -0.481 e. The molecule has 4 bridgehead atoms. The van der Waals surface area contributed by atoms with Gasteiger partial charge in [0.1, 0.15) is 0 Å². The number of hydrogen-bond donors (Lipinski definition) is 2. The first-order valence-corrected chi connectivity index (χ1v) is 9.31. The Hall–Kier alpha value is -0.650. The van der Waals surface area contributed by atoms with Crippen molar-refractivity contribution >= 4 is 5.97 Å². The molecule has 5 saturated carbocycles. The maximum absolute atomic E-state index is 11.1. The largest absolute Gasteiger partial charge is 0.481 e. The van der Waals surface area contributed by atoms with E-state index in [1.807, 2.05) is 0 Å². The lowest BCUT2D eigenvalue weighted by atomic mass is 9.53. The minimum absolute atomic E-state index is 0.00116. The molecule has 0 aromatic heterocycles. The lowest BCUT2D eigenvalue weighted by Crippen LogP contribution is -2.59. The molecular weight excluding hydrogens is 296 g/mol. The van der Waals surface area contributed by atoms with Crippen molar-refractivity contribution in [3.05, 3.63) is 0 Å². The van der Waals surface area contributed by atoms with Gasteiger partial charge >= 0.3 is 5.97 Å². The summed E-state index contributed by atoms with van der Waals surface area (Å²) in [5, 5.41) is 19.9. The van der Waals surface area contributed by atoms with Gasteiger partial charge < -0.3 is 10.2 Å². The molecule has 5 aliphatic carbocycles. The molecule has 130 valence electrons. The van der Waals surface area contributed by atoms with Crippen LogP contribution < -0.4 is 0 Å². The molecule has 0 aromatic rings. The third kappa shape index (κ3) is 3.03. The summed E-state index contributed by atoms with van der Waals surface area (Å²) >= 11 is 0. The number of aliphatic hydroxyl groups is 1. The van der Waals surface area contributed by atoms with Crippen LogP contribution in [-0.4, -0.2) is 28.1 Å². The minimum atomic E-state index is -1.08. The lowest BCUT2D eigenvalue weighted by molar-refractivity contribution is -0.481. The molecule has 5 rings (SSSR count). The Morgan fingerprint density at radius 2 is 1.52 bits per heavy atom. The van der Waals surface area contributed by atoms with E-state index in [0.29, 0.717) is 0 Å². The fraction of sp³-hybridized carbons (Fsp3) is 0.944. The zero-order valence-corrected chi connectivity index (χ0v) is 13.7. The average molecular weight is 324 g/mol. The predicted octanol–water partition coefficient (Wildman–Crippen LogP) is 3.11.